The summed E-state index contributed by atoms with van der Waals surface area (Å²) >= 11 is 0. The highest BCUT2D eigenvalue weighted by Crippen LogP contribution is 2.47. The molecule has 0 spiro atoms. The Kier molecular flexibility index (Phi) is 43.0. The molecule has 69 heavy (non-hydrogen) atoms. The van der Waals surface area contributed by atoms with Crippen LogP contribution in [0.5, 0.6) is 0 Å². The highest BCUT2D eigenvalue weighted by atomic mass is 31.2. The average molecular weight is 1010 g/mol. The zero-order valence-corrected chi connectivity index (χ0v) is 44.8. The number of ether oxygens (including phenoxy) is 2. The number of carbonyl (C=O) groups is 2. The maximum atomic E-state index is 12.9. The number of hydrogen-bond acceptors (Lipinski definition) is 12. The standard InChI is InChI=1S/C55H105O13P/c1-3-5-7-9-11-13-15-17-19-21-22-23-24-25-26-27-28-30-31-33-35-37-39-41-43-48(56)65-45-47(46-66-69(63,64)68-55-53(61)51(59)50(58)52(60)54(55)62)67-49(57)44-42-40-38-36-34-32-29-20-18-16-14-12-10-8-6-4-2/h20,29,47,50-55,58-62H,3-19,21-28,30-46H2,1-2H3,(H,63,64)/b29-20-. The fourth-order valence-electron chi connectivity index (χ4n) is 9.05. The van der Waals surface area contributed by atoms with Crippen LogP contribution in [0, 0.1) is 0 Å². The topological polar surface area (TPSA) is 210 Å². The Morgan fingerprint density at radius 3 is 1.10 bits per heavy atom. The quantitative estimate of drug-likeness (QED) is 0.0145. The molecule has 1 aliphatic carbocycles. The molecule has 0 amide bonds. The molecule has 0 aliphatic heterocycles. The number of aliphatic hydroxyl groups is 5. The lowest BCUT2D eigenvalue weighted by atomic mass is 9.85. The van der Waals surface area contributed by atoms with Gasteiger partial charge < -0.3 is 39.9 Å². The summed E-state index contributed by atoms with van der Waals surface area (Å²) in [5.41, 5.74) is 0. The Morgan fingerprint density at radius 1 is 0.435 bits per heavy atom. The van der Waals surface area contributed by atoms with Gasteiger partial charge in [-0.15, -0.1) is 0 Å². The van der Waals surface area contributed by atoms with Crippen molar-refractivity contribution in [3.63, 3.8) is 0 Å². The Balaban J connectivity index is 2.31. The van der Waals surface area contributed by atoms with Gasteiger partial charge in [0.25, 0.3) is 0 Å². The van der Waals surface area contributed by atoms with Crippen LogP contribution in [0.2, 0.25) is 0 Å². The van der Waals surface area contributed by atoms with Crippen LogP contribution >= 0.6 is 7.82 Å². The molecule has 0 bridgehead atoms. The molecule has 0 aromatic heterocycles. The summed E-state index contributed by atoms with van der Waals surface area (Å²) in [6.07, 6.45) is 38.4. The van der Waals surface area contributed by atoms with Crippen molar-refractivity contribution in [3.05, 3.63) is 12.2 Å². The highest BCUT2D eigenvalue weighted by molar-refractivity contribution is 7.47. The first kappa shape index (κ1) is 65.6. The van der Waals surface area contributed by atoms with Crippen LogP contribution in [-0.2, 0) is 32.7 Å². The molecular formula is C55H105O13P. The summed E-state index contributed by atoms with van der Waals surface area (Å²) in [7, 11) is -5.12. The Hall–Kier alpha value is -1.41. The van der Waals surface area contributed by atoms with Crippen LogP contribution in [0.25, 0.3) is 0 Å². The number of phosphoric ester groups is 1. The Bertz CT molecular complexity index is 1250. The van der Waals surface area contributed by atoms with E-state index in [1.807, 2.05) is 0 Å². The first-order chi connectivity index (χ1) is 33.4. The molecule has 0 heterocycles. The molecule has 13 nitrogen and oxygen atoms in total. The van der Waals surface area contributed by atoms with Gasteiger partial charge in [0.15, 0.2) is 6.10 Å². The van der Waals surface area contributed by atoms with Gasteiger partial charge in [0.2, 0.25) is 0 Å². The molecular weight excluding hydrogens is 900 g/mol. The summed E-state index contributed by atoms with van der Waals surface area (Å²) in [6.45, 7) is 3.35. The van der Waals surface area contributed by atoms with Gasteiger partial charge in [-0.1, -0.05) is 231 Å². The number of phosphoric acid groups is 1. The number of allylic oxidation sites excluding steroid dienone is 2. The summed E-state index contributed by atoms with van der Waals surface area (Å²) in [4.78, 5) is 35.9. The number of carbonyl (C=O) groups excluding carboxylic acids is 2. The van der Waals surface area contributed by atoms with Crippen molar-refractivity contribution >= 4 is 19.8 Å². The zero-order chi connectivity index (χ0) is 50.6. The van der Waals surface area contributed by atoms with E-state index in [0.29, 0.717) is 12.8 Å². The molecule has 0 aromatic carbocycles. The second-order valence-corrected chi connectivity index (χ2v) is 21.6. The SMILES string of the molecule is CCCCCCCCC/C=C\CCCCCCCC(=O)OC(COC(=O)CCCCCCCCCCCCCCCCCCCCCCCCCC)COP(=O)(O)OC1C(O)C(O)C(O)C(O)C1O. The minimum absolute atomic E-state index is 0.0914. The molecule has 1 rings (SSSR count). The number of hydrogen-bond donors (Lipinski definition) is 6. The van der Waals surface area contributed by atoms with Gasteiger partial charge in [0.05, 0.1) is 6.61 Å². The normalized spacial score (nSPS) is 20.9. The van der Waals surface area contributed by atoms with E-state index in [2.05, 4.69) is 26.0 Å². The largest absolute Gasteiger partial charge is 0.472 e. The van der Waals surface area contributed by atoms with Crippen LogP contribution in [0.15, 0.2) is 12.2 Å². The van der Waals surface area contributed by atoms with E-state index in [-0.39, 0.29) is 12.8 Å². The van der Waals surface area contributed by atoms with E-state index in [1.165, 1.54) is 173 Å². The maximum Gasteiger partial charge on any atom is 0.472 e. The van der Waals surface area contributed by atoms with Crippen molar-refractivity contribution < 1.29 is 63.1 Å². The average Bonchev–Trinajstić information content (AvgIpc) is 3.33. The Labute approximate surface area is 420 Å². The molecule has 6 N–H and O–H groups in total. The molecule has 6 atom stereocenters. The third-order valence-corrected chi connectivity index (χ3v) is 14.6. The first-order valence-corrected chi connectivity index (χ1v) is 30.0. The molecule has 1 aliphatic rings. The highest BCUT2D eigenvalue weighted by Gasteiger charge is 2.51. The third kappa shape index (κ3) is 37.1. The Morgan fingerprint density at radius 2 is 0.739 bits per heavy atom. The van der Waals surface area contributed by atoms with Crippen LogP contribution in [0.1, 0.15) is 271 Å². The van der Waals surface area contributed by atoms with E-state index < -0.39 is 75.7 Å². The summed E-state index contributed by atoms with van der Waals surface area (Å²) in [6, 6.07) is 0. The number of rotatable bonds is 49. The second-order valence-electron chi connectivity index (χ2n) is 20.2. The van der Waals surface area contributed by atoms with Crippen LogP contribution in [0.4, 0.5) is 0 Å². The van der Waals surface area contributed by atoms with E-state index in [4.69, 9.17) is 18.5 Å². The van der Waals surface area contributed by atoms with Crippen molar-refractivity contribution in [2.24, 2.45) is 0 Å². The minimum Gasteiger partial charge on any atom is -0.462 e. The molecule has 0 saturated heterocycles. The van der Waals surface area contributed by atoms with Crippen molar-refractivity contribution in [1.29, 1.82) is 0 Å². The molecule has 1 saturated carbocycles. The van der Waals surface area contributed by atoms with Gasteiger partial charge in [-0.3, -0.25) is 18.6 Å². The van der Waals surface area contributed by atoms with Gasteiger partial charge in [0, 0.05) is 12.8 Å². The number of unbranched alkanes of at least 4 members (excludes halogenated alkanes) is 35. The van der Waals surface area contributed by atoms with E-state index in [1.54, 1.807) is 0 Å². The van der Waals surface area contributed by atoms with Gasteiger partial charge in [-0.2, -0.15) is 0 Å². The zero-order valence-electron chi connectivity index (χ0n) is 43.9. The third-order valence-electron chi connectivity index (χ3n) is 13.6. The monoisotopic (exact) mass is 1000 g/mol. The van der Waals surface area contributed by atoms with Crippen molar-refractivity contribution in [2.45, 2.75) is 313 Å². The predicted octanol–water partition coefficient (Wildman–Crippen LogP) is 13.0. The van der Waals surface area contributed by atoms with Crippen molar-refractivity contribution in [1.82, 2.24) is 0 Å². The fraction of sp³-hybridized carbons (Fsp3) is 0.927. The number of esters is 2. The summed E-state index contributed by atoms with van der Waals surface area (Å²) in [5, 5.41) is 50.3. The lowest BCUT2D eigenvalue weighted by molar-refractivity contribution is -0.220. The van der Waals surface area contributed by atoms with Crippen LogP contribution < -0.4 is 0 Å². The second kappa shape index (κ2) is 45.2. The van der Waals surface area contributed by atoms with Crippen molar-refractivity contribution in [2.75, 3.05) is 13.2 Å². The van der Waals surface area contributed by atoms with Crippen LogP contribution in [0.3, 0.4) is 0 Å². The van der Waals surface area contributed by atoms with Crippen LogP contribution in [-0.4, -0.2) is 98.3 Å². The lowest BCUT2D eigenvalue weighted by Gasteiger charge is -2.41. The molecule has 14 heteroatoms. The van der Waals surface area contributed by atoms with E-state index >= 15 is 0 Å². The predicted molar refractivity (Wildman–Crippen MR) is 277 cm³/mol. The van der Waals surface area contributed by atoms with E-state index in [0.717, 1.165) is 57.8 Å². The van der Waals surface area contributed by atoms with Gasteiger partial charge >= 0.3 is 19.8 Å². The van der Waals surface area contributed by atoms with Crippen molar-refractivity contribution in [3.8, 4) is 0 Å². The summed E-state index contributed by atoms with van der Waals surface area (Å²) < 4.78 is 33.7. The van der Waals surface area contributed by atoms with Gasteiger partial charge in [-0.05, 0) is 38.5 Å². The summed E-state index contributed by atoms with van der Waals surface area (Å²) in [5.74, 6) is -1.09. The van der Waals surface area contributed by atoms with Gasteiger partial charge in [-0.25, -0.2) is 4.57 Å². The van der Waals surface area contributed by atoms with Gasteiger partial charge in [0.1, 0.15) is 43.2 Å². The number of aliphatic hydroxyl groups excluding tert-OH is 5. The van der Waals surface area contributed by atoms with E-state index in [9.17, 15) is 44.6 Å². The molecule has 408 valence electrons. The molecule has 0 radical (unpaired) electrons. The smallest absolute Gasteiger partial charge is 0.462 e. The molecule has 0 aromatic rings. The lowest BCUT2D eigenvalue weighted by Crippen LogP contribution is -2.64. The molecule has 1 fully saturated rings. The maximum absolute atomic E-state index is 12.9. The minimum atomic E-state index is -5.12. The molecule has 6 unspecified atom stereocenters. The first-order valence-electron chi connectivity index (χ1n) is 28.5. The fourth-order valence-corrected chi connectivity index (χ4v) is 10.0.